The molecule has 1 aromatic heterocycles. The van der Waals surface area contributed by atoms with Gasteiger partial charge < -0.3 is 4.74 Å². The molecular formula is C10H15OS. The van der Waals surface area contributed by atoms with Crippen LogP contribution in [0.25, 0.3) is 0 Å². The molecule has 12 heavy (non-hydrogen) atoms. The van der Waals surface area contributed by atoms with Gasteiger partial charge in [-0.3, -0.25) is 0 Å². The quantitative estimate of drug-likeness (QED) is 0.613. The van der Waals surface area contributed by atoms with Crippen molar-refractivity contribution >= 4 is 11.3 Å². The highest BCUT2D eigenvalue weighted by molar-refractivity contribution is 7.07. The molecule has 0 amide bonds. The summed E-state index contributed by atoms with van der Waals surface area (Å²) >= 11 is 1.56. The third-order valence-corrected chi connectivity index (χ3v) is 2.29. The molecule has 0 atom stereocenters. The van der Waals surface area contributed by atoms with Crippen LogP contribution in [0.15, 0.2) is 11.4 Å². The first-order chi connectivity index (χ1) is 5.93. The SMILES string of the molecule is CCCCCCOc1[c]scc1. The summed E-state index contributed by atoms with van der Waals surface area (Å²) in [7, 11) is 0. The molecule has 0 saturated heterocycles. The van der Waals surface area contributed by atoms with Gasteiger partial charge in [0, 0.05) is 0 Å². The van der Waals surface area contributed by atoms with Crippen LogP contribution in [0.2, 0.25) is 0 Å². The van der Waals surface area contributed by atoms with E-state index >= 15 is 0 Å². The lowest BCUT2D eigenvalue weighted by Gasteiger charge is -2.01. The molecule has 1 nitrogen and oxygen atoms in total. The van der Waals surface area contributed by atoms with Gasteiger partial charge in [0.15, 0.2) is 0 Å². The normalized spacial score (nSPS) is 10.1. The van der Waals surface area contributed by atoms with Crippen molar-refractivity contribution < 1.29 is 4.74 Å². The molecule has 1 heterocycles. The fourth-order valence-corrected chi connectivity index (χ4v) is 1.51. The lowest BCUT2D eigenvalue weighted by atomic mass is 10.2. The van der Waals surface area contributed by atoms with Crippen molar-refractivity contribution in [2.24, 2.45) is 0 Å². The molecule has 67 valence electrons. The zero-order chi connectivity index (χ0) is 8.65. The minimum atomic E-state index is 0.841. The van der Waals surface area contributed by atoms with Gasteiger partial charge in [-0.2, -0.15) is 0 Å². The first kappa shape index (κ1) is 9.59. The van der Waals surface area contributed by atoms with Crippen molar-refractivity contribution in [2.45, 2.75) is 32.6 Å². The molecule has 0 bridgehead atoms. The average Bonchev–Trinajstić information content (AvgIpc) is 2.57. The van der Waals surface area contributed by atoms with Crippen molar-refractivity contribution in [1.29, 1.82) is 0 Å². The van der Waals surface area contributed by atoms with Gasteiger partial charge in [-0.05, 0) is 17.9 Å². The summed E-state index contributed by atoms with van der Waals surface area (Å²) < 4.78 is 5.45. The maximum absolute atomic E-state index is 5.45. The third-order valence-electron chi connectivity index (χ3n) is 1.70. The van der Waals surface area contributed by atoms with Gasteiger partial charge in [0.25, 0.3) is 0 Å². The molecule has 0 aliphatic rings. The fraction of sp³-hybridized carbons (Fsp3) is 0.600. The van der Waals surface area contributed by atoms with Crippen LogP contribution >= 0.6 is 11.3 Å². The molecule has 0 aliphatic heterocycles. The first-order valence-electron chi connectivity index (χ1n) is 4.51. The van der Waals surface area contributed by atoms with Gasteiger partial charge in [0.1, 0.15) is 5.75 Å². The molecule has 0 aliphatic carbocycles. The second-order valence-electron chi connectivity index (χ2n) is 2.80. The zero-order valence-electron chi connectivity index (χ0n) is 7.51. The van der Waals surface area contributed by atoms with E-state index in [2.05, 4.69) is 12.3 Å². The van der Waals surface area contributed by atoms with Gasteiger partial charge >= 0.3 is 0 Å². The molecule has 0 unspecified atom stereocenters. The van der Waals surface area contributed by atoms with E-state index < -0.39 is 0 Å². The van der Waals surface area contributed by atoms with E-state index in [4.69, 9.17) is 4.74 Å². The van der Waals surface area contributed by atoms with Crippen molar-refractivity contribution in [3.05, 3.63) is 16.8 Å². The van der Waals surface area contributed by atoms with Crippen LogP contribution in [-0.2, 0) is 0 Å². The van der Waals surface area contributed by atoms with E-state index in [1.54, 1.807) is 11.3 Å². The Kier molecular flexibility index (Phi) is 4.85. The van der Waals surface area contributed by atoms with Gasteiger partial charge in [0.2, 0.25) is 0 Å². The predicted octanol–water partition coefficient (Wildman–Crippen LogP) is 3.51. The Morgan fingerprint density at radius 3 is 3.00 bits per heavy atom. The minimum absolute atomic E-state index is 0.841. The molecule has 2 heteroatoms. The Labute approximate surface area is 78.4 Å². The van der Waals surface area contributed by atoms with E-state index in [0.717, 1.165) is 18.8 Å². The van der Waals surface area contributed by atoms with Crippen LogP contribution in [0.3, 0.4) is 0 Å². The number of unbranched alkanes of at least 4 members (excludes halogenated alkanes) is 3. The molecule has 1 radical (unpaired) electrons. The van der Waals surface area contributed by atoms with Gasteiger partial charge in [0.05, 0.1) is 12.0 Å². The largest absolute Gasteiger partial charge is 0.492 e. The highest BCUT2D eigenvalue weighted by Gasteiger charge is 1.92. The minimum Gasteiger partial charge on any atom is -0.492 e. The van der Waals surface area contributed by atoms with Crippen molar-refractivity contribution in [3.63, 3.8) is 0 Å². The van der Waals surface area contributed by atoms with Gasteiger partial charge in [-0.1, -0.05) is 26.2 Å². The Morgan fingerprint density at radius 2 is 2.33 bits per heavy atom. The Hall–Kier alpha value is -0.500. The lowest BCUT2D eigenvalue weighted by Crippen LogP contribution is -1.95. The summed E-state index contributed by atoms with van der Waals surface area (Å²) in [6.45, 7) is 3.06. The number of hydrogen-bond donors (Lipinski definition) is 0. The van der Waals surface area contributed by atoms with Crippen molar-refractivity contribution in [2.75, 3.05) is 6.61 Å². The highest BCUT2D eigenvalue weighted by atomic mass is 32.1. The standard InChI is InChI=1S/C10H15OS/c1-2-3-4-5-7-11-10-6-8-12-9-10/h6,8H,2-5,7H2,1H3. The van der Waals surface area contributed by atoms with Crippen LogP contribution in [0, 0.1) is 5.38 Å². The Morgan fingerprint density at radius 1 is 1.42 bits per heavy atom. The van der Waals surface area contributed by atoms with E-state index in [-0.39, 0.29) is 0 Å². The maximum atomic E-state index is 5.45. The predicted molar refractivity (Wildman–Crippen MR) is 52.8 cm³/mol. The van der Waals surface area contributed by atoms with Gasteiger partial charge in [-0.25, -0.2) is 0 Å². The zero-order valence-corrected chi connectivity index (χ0v) is 8.32. The maximum Gasteiger partial charge on any atom is 0.138 e. The second kappa shape index (κ2) is 6.06. The topological polar surface area (TPSA) is 9.23 Å². The van der Waals surface area contributed by atoms with Crippen molar-refractivity contribution in [1.82, 2.24) is 0 Å². The summed E-state index contributed by atoms with van der Waals surface area (Å²) in [6, 6.07) is 1.96. The summed E-state index contributed by atoms with van der Waals surface area (Å²) in [6.07, 6.45) is 5.04. The number of thiophene rings is 1. The first-order valence-corrected chi connectivity index (χ1v) is 5.39. The van der Waals surface area contributed by atoms with Crippen molar-refractivity contribution in [3.8, 4) is 5.75 Å². The van der Waals surface area contributed by atoms with Gasteiger partial charge in [-0.15, -0.1) is 11.3 Å². The highest BCUT2D eigenvalue weighted by Crippen LogP contribution is 2.14. The van der Waals surface area contributed by atoms with E-state index in [1.807, 2.05) is 11.4 Å². The summed E-state index contributed by atoms with van der Waals surface area (Å²) in [5, 5.41) is 5.03. The molecule has 0 N–H and O–H groups in total. The van der Waals surface area contributed by atoms with Crippen LogP contribution in [0.5, 0.6) is 5.75 Å². The molecule has 0 saturated carbocycles. The lowest BCUT2D eigenvalue weighted by molar-refractivity contribution is 0.306. The van der Waals surface area contributed by atoms with E-state index in [9.17, 15) is 0 Å². The second-order valence-corrected chi connectivity index (χ2v) is 3.51. The monoisotopic (exact) mass is 183 g/mol. The Balaban J connectivity index is 1.96. The fourth-order valence-electron chi connectivity index (χ4n) is 1.01. The summed E-state index contributed by atoms with van der Waals surface area (Å²) in [5.74, 6) is 0.900. The molecule has 0 spiro atoms. The smallest absolute Gasteiger partial charge is 0.138 e. The Bertz CT molecular complexity index is 182. The molecular weight excluding hydrogens is 168 g/mol. The summed E-state index contributed by atoms with van der Waals surface area (Å²) in [5.41, 5.74) is 0. The van der Waals surface area contributed by atoms with E-state index in [1.165, 1.54) is 19.3 Å². The molecule has 1 aromatic rings. The van der Waals surface area contributed by atoms with Crippen LogP contribution in [0.4, 0.5) is 0 Å². The number of ether oxygens (including phenoxy) is 1. The van der Waals surface area contributed by atoms with Crippen LogP contribution in [-0.4, -0.2) is 6.61 Å². The van der Waals surface area contributed by atoms with Crippen LogP contribution in [0.1, 0.15) is 32.6 Å². The molecule has 0 fully saturated rings. The summed E-state index contributed by atoms with van der Waals surface area (Å²) in [4.78, 5) is 0. The number of rotatable bonds is 6. The van der Waals surface area contributed by atoms with Crippen LogP contribution < -0.4 is 4.74 Å². The van der Waals surface area contributed by atoms with E-state index in [0.29, 0.717) is 0 Å². The number of hydrogen-bond acceptors (Lipinski definition) is 2. The average molecular weight is 183 g/mol. The molecule has 1 rings (SSSR count). The molecule has 0 aromatic carbocycles. The third kappa shape index (κ3) is 3.77.